The average Bonchev–Trinajstić information content (AvgIpc) is 2.98. The maximum Gasteiger partial charge on any atom is 0.265 e. The second-order valence-corrected chi connectivity index (χ2v) is 4.97. The second-order valence-electron chi connectivity index (χ2n) is 4.97. The van der Waals surface area contributed by atoms with Crippen LogP contribution < -0.4 is 15.0 Å². The predicted octanol–water partition coefficient (Wildman–Crippen LogP) is 1.45. The topological polar surface area (TPSA) is 72.7 Å². The molecule has 7 heteroatoms. The molecule has 0 aliphatic rings. The van der Waals surface area contributed by atoms with Gasteiger partial charge in [-0.15, -0.1) is 0 Å². The number of benzene rings is 1. The van der Waals surface area contributed by atoms with Gasteiger partial charge in [-0.05, 0) is 22.9 Å². The molecule has 0 spiro atoms. The SMILES string of the molecule is COCCOc1ccc(CNCc2nc(N(C)C)no2)cc1. The van der Waals surface area contributed by atoms with Crippen LogP contribution in [0.2, 0.25) is 0 Å². The van der Waals surface area contributed by atoms with Gasteiger partial charge in [0.25, 0.3) is 5.95 Å². The van der Waals surface area contributed by atoms with E-state index in [0.29, 0.717) is 31.6 Å². The molecule has 0 unspecified atom stereocenters. The van der Waals surface area contributed by atoms with Crippen molar-refractivity contribution in [1.82, 2.24) is 15.5 Å². The summed E-state index contributed by atoms with van der Waals surface area (Å²) in [5.41, 5.74) is 1.16. The zero-order valence-corrected chi connectivity index (χ0v) is 13.2. The van der Waals surface area contributed by atoms with E-state index in [1.165, 1.54) is 0 Å². The normalized spacial score (nSPS) is 10.7. The highest BCUT2D eigenvalue weighted by molar-refractivity contribution is 5.27. The van der Waals surface area contributed by atoms with Gasteiger partial charge >= 0.3 is 0 Å². The molecule has 0 saturated heterocycles. The predicted molar refractivity (Wildman–Crippen MR) is 83.0 cm³/mol. The van der Waals surface area contributed by atoms with E-state index in [4.69, 9.17) is 14.0 Å². The first kappa shape index (κ1) is 16.3. The zero-order valence-electron chi connectivity index (χ0n) is 13.2. The fourth-order valence-corrected chi connectivity index (χ4v) is 1.76. The molecule has 0 fully saturated rings. The van der Waals surface area contributed by atoms with Gasteiger partial charge in [0.1, 0.15) is 12.4 Å². The van der Waals surface area contributed by atoms with E-state index in [-0.39, 0.29) is 0 Å². The van der Waals surface area contributed by atoms with E-state index in [0.717, 1.165) is 17.9 Å². The van der Waals surface area contributed by atoms with Gasteiger partial charge in [-0.3, -0.25) is 0 Å². The van der Waals surface area contributed by atoms with Crippen molar-refractivity contribution < 1.29 is 14.0 Å². The van der Waals surface area contributed by atoms with E-state index in [2.05, 4.69) is 15.5 Å². The summed E-state index contributed by atoms with van der Waals surface area (Å²) in [5, 5.41) is 7.13. The Balaban J connectivity index is 1.74. The number of aromatic nitrogens is 2. The summed E-state index contributed by atoms with van der Waals surface area (Å²) in [7, 11) is 5.40. The summed E-state index contributed by atoms with van der Waals surface area (Å²) in [6.07, 6.45) is 0. The Morgan fingerprint density at radius 3 is 2.55 bits per heavy atom. The fraction of sp³-hybridized carbons (Fsp3) is 0.467. The Labute approximate surface area is 130 Å². The highest BCUT2D eigenvalue weighted by atomic mass is 16.5. The van der Waals surface area contributed by atoms with Crippen LogP contribution >= 0.6 is 0 Å². The molecule has 1 aromatic carbocycles. The Morgan fingerprint density at radius 1 is 1.14 bits per heavy atom. The number of rotatable bonds is 9. The number of anilines is 1. The van der Waals surface area contributed by atoms with Crippen molar-refractivity contribution in [2.45, 2.75) is 13.1 Å². The molecule has 2 aromatic rings. The molecule has 0 aliphatic carbocycles. The van der Waals surface area contributed by atoms with E-state index in [9.17, 15) is 0 Å². The molecule has 120 valence electrons. The van der Waals surface area contributed by atoms with Crippen LogP contribution in [0, 0.1) is 0 Å². The van der Waals surface area contributed by atoms with Crippen molar-refractivity contribution in [2.24, 2.45) is 0 Å². The number of nitrogens with one attached hydrogen (secondary N) is 1. The van der Waals surface area contributed by atoms with E-state index in [1.807, 2.05) is 38.4 Å². The van der Waals surface area contributed by atoms with Crippen LogP contribution in [0.1, 0.15) is 11.5 Å². The zero-order chi connectivity index (χ0) is 15.8. The molecule has 1 N–H and O–H groups in total. The maximum atomic E-state index is 5.52. The van der Waals surface area contributed by atoms with Crippen molar-refractivity contribution in [2.75, 3.05) is 39.3 Å². The number of hydrogen-bond donors (Lipinski definition) is 1. The molecule has 22 heavy (non-hydrogen) atoms. The van der Waals surface area contributed by atoms with Crippen molar-refractivity contribution in [3.63, 3.8) is 0 Å². The van der Waals surface area contributed by atoms with Crippen LogP contribution in [-0.4, -0.2) is 44.6 Å². The molecular formula is C15H22N4O3. The smallest absolute Gasteiger partial charge is 0.265 e. The van der Waals surface area contributed by atoms with E-state index < -0.39 is 0 Å². The van der Waals surface area contributed by atoms with Crippen LogP contribution in [0.15, 0.2) is 28.8 Å². The Bertz CT molecular complexity index is 554. The Hall–Kier alpha value is -2.12. The van der Waals surface area contributed by atoms with Crippen molar-refractivity contribution in [3.8, 4) is 5.75 Å². The molecule has 0 aliphatic heterocycles. The van der Waals surface area contributed by atoms with E-state index >= 15 is 0 Å². The summed E-state index contributed by atoms with van der Waals surface area (Å²) >= 11 is 0. The molecule has 0 radical (unpaired) electrons. The number of methoxy groups -OCH3 is 1. The lowest BCUT2D eigenvalue weighted by atomic mass is 10.2. The third-order valence-corrected chi connectivity index (χ3v) is 2.94. The third kappa shape index (κ3) is 5.01. The standard InChI is InChI=1S/C15H22N4O3/c1-19(2)15-17-14(22-18-15)11-16-10-12-4-6-13(7-5-12)21-9-8-20-3/h4-7,16H,8-11H2,1-3H3. The molecule has 0 bridgehead atoms. The molecule has 0 atom stereocenters. The number of nitrogens with zero attached hydrogens (tertiary/aromatic N) is 3. The summed E-state index contributed by atoms with van der Waals surface area (Å²) in [5.74, 6) is 1.99. The average molecular weight is 306 g/mol. The minimum atomic E-state index is 0.535. The second kappa shape index (κ2) is 8.35. The summed E-state index contributed by atoms with van der Waals surface area (Å²) in [4.78, 5) is 6.05. The van der Waals surface area contributed by atoms with Gasteiger partial charge in [0, 0.05) is 27.7 Å². The van der Waals surface area contributed by atoms with Gasteiger partial charge in [0.05, 0.1) is 13.2 Å². The Kier molecular flexibility index (Phi) is 6.17. The number of ether oxygens (including phenoxy) is 2. The lowest BCUT2D eigenvalue weighted by Crippen LogP contribution is -2.14. The summed E-state index contributed by atoms with van der Waals surface area (Å²) in [6.45, 7) is 2.40. The number of hydrogen-bond acceptors (Lipinski definition) is 7. The summed E-state index contributed by atoms with van der Waals surface area (Å²) < 4.78 is 15.6. The van der Waals surface area contributed by atoms with Crippen LogP contribution in [-0.2, 0) is 17.8 Å². The quantitative estimate of drug-likeness (QED) is 0.703. The monoisotopic (exact) mass is 306 g/mol. The largest absolute Gasteiger partial charge is 0.491 e. The minimum Gasteiger partial charge on any atom is -0.491 e. The van der Waals surface area contributed by atoms with Gasteiger partial charge in [-0.2, -0.15) is 4.98 Å². The molecule has 0 amide bonds. The van der Waals surface area contributed by atoms with E-state index in [1.54, 1.807) is 12.0 Å². The van der Waals surface area contributed by atoms with Crippen LogP contribution in [0.3, 0.4) is 0 Å². The first-order valence-electron chi connectivity index (χ1n) is 7.10. The molecule has 2 rings (SSSR count). The van der Waals surface area contributed by atoms with Crippen LogP contribution in [0.25, 0.3) is 0 Å². The third-order valence-electron chi connectivity index (χ3n) is 2.94. The van der Waals surface area contributed by atoms with Crippen molar-refractivity contribution in [3.05, 3.63) is 35.7 Å². The first-order chi connectivity index (χ1) is 10.7. The molecular weight excluding hydrogens is 284 g/mol. The van der Waals surface area contributed by atoms with Gasteiger partial charge in [-0.25, -0.2) is 0 Å². The van der Waals surface area contributed by atoms with Gasteiger partial charge in [-0.1, -0.05) is 12.1 Å². The lowest BCUT2D eigenvalue weighted by molar-refractivity contribution is 0.146. The molecule has 1 heterocycles. The molecule has 1 aromatic heterocycles. The van der Waals surface area contributed by atoms with Crippen LogP contribution in [0.4, 0.5) is 5.95 Å². The van der Waals surface area contributed by atoms with Crippen molar-refractivity contribution in [1.29, 1.82) is 0 Å². The molecule has 7 nitrogen and oxygen atoms in total. The van der Waals surface area contributed by atoms with Gasteiger partial charge in [0.2, 0.25) is 5.89 Å². The highest BCUT2D eigenvalue weighted by Gasteiger charge is 2.06. The summed E-state index contributed by atoms with van der Waals surface area (Å²) in [6, 6.07) is 7.94. The molecule has 0 saturated carbocycles. The minimum absolute atomic E-state index is 0.535. The van der Waals surface area contributed by atoms with Crippen molar-refractivity contribution >= 4 is 5.95 Å². The maximum absolute atomic E-state index is 5.52. The Morgan fingerprint density at radius 2 is 1.91 bits per heavy atom. The fourth-order valence-electron chi connectivity index (χ4n) is 1.76. The van der Waals surface area contributed by atoms with Gasteiger partial charge < -0.3 is 24.2 Å². The van der Waals surface area contributed by atoms with Gasteiger partial charge in [0.15, 0.2) is 0 Å². The highest BCUT2D eigenvalue weighted by Crippen LogP contribution is 2.12. The first-order valence-corrected chi connectivity index (χ1v) is 7.10. The van der Waals surface area contributed by atoms with Crippen LogP contribution in [0.5, 0.6) is 5.75 Å². The lowest BCUT2D eigenvalue weighted by Gasteiger charge is -2.07.